The van der Waals surface area contributed by atoms with Crippen LogP contribution < -0.4 is 0 Å². The third-order valence-electron chi connectivity index (χ3n) is 2.91. The van der Waals surface area contributed by atoms with Gasteiger partial charge in [-0.2, -0.15) is 0 Å². The molecule has 5 nitrogen and oxygen atoms in total. The summed E-state index contributed by atoms with van der Waals surface area (Å²) in [6, 6.07) is 6.34. The molecule has 0 unspecified atom stereocenters. The van der Waals surface area contributed by atoms with Crippen molar-refractivity contribution in [1.29, 1.82) is 0 Å². The Morgan fingerprint density at radius 1 is 1.47 bits per heavy atom. The molecule has 0 aliphatic rings. The summed E-state index contributed by atoms with van der Waals surface area (Å²) in [6.07, 6.45) is 0.809. The van der Waals surface area contributed by atoms with Crippen LogP contribution in [0.2, 0.25) is 0 Å². The molecule has 0 bridgehead atoms. The molecule has 19 heavy (non-hydrogen) atoms. The predicted octanol–water partition coefficient (Wildman–Crippen LogP) is 3.59. The van der Waals surface area contributed by atoms with Gasteiger partial charge in [0.15, 0.2) is 0 Å². The highest BCUT2D eigenvalue weighted by molar-refractivity contribution is 7.71. The number of nitrogens with zero attached hydrogens (tertiary/aromatic N) is 2. The fraction of sp³-hybridized carbons (Fsp3) is 0.231. The number of nitrogens with one attached hydrogen (secondary N) is 1. The van der Waals surface area contributed by atoms with Gasteiger partial charge in [-0.1, -0.05) is 31.3 Å². The zero-order chi connectivity index (χ0) is 14.0. The van der Waals surface area contributed by atoms with Gasteiger partial charge in [0.2, 0.25) is 0 Å². The largest absolute Gasteiger partial charge is 0.343 e. The molecule has 0 aliphatic carbocycles. The molecule has 0 saturated carbocycles. The molecule has 2 rings (SSSR count). The Labute approximate surface area is 115 Å². The summed E-state index contributed by atoms with van der Waals surface area (Å²) in [5, 5.41) is 10.8. The van der Waals surface area contributed by atoms with Crippen molar-refractivity contribution in [3.8, 4) is 11.4 Å². The fourth-order valence-corrected chi connectivity index (χ4v) is 2.32. The van der Waals surface area contributed by atoms with Gasteiger partial charge in [-0.25, -0.2) is 4.98 Å². The monoisotopic (exact) mass is 275 g/mol. The van der Waals surface area contributed by atoms with Gasteiger partial charge in [-0.3, -0.25) is 10.1 Å². The van der Waals surface area contributed by atoms with E-state index in [-0.39, 0.29) is 5.69 Å². The molecule has 0 saturated heterocycles. The van der Waals surface area contributed by atoms with E-state index in [0.717, 1.165) is 17.7 Å². The highest BCUT2D eigenvalue weighted by atomic mass is 32.1. The number of H-pyrrole nitrogens is 1. The lowest BCUT2D eigenvalue weighted by molar-refractivity contribution is -0.384. The van der Waals surface area contributed by atoms with Crippen LogP contribution in [-0.4, -0.2) is 14.9 Å². The second kappa shape index (κ2) is 5.27. The Morgan fingerprint density at radius 3 is 2.79 bits per heavy atom. The highest BCUT2D eigenvalue weighted by Gasteiger charge is 2.10. The Morgan fingerprint density at radius 2 is 2.21 bits per heavy atom. The second-order valence-electron chi connectivity index (χ2n) is 4.16. The minimum Gasteiger partial charge on any atom is -0.343 e. The molecule has 0 fully saturated rings. The number of nitro groups is 1. The molecule has 1 aromatic heterocycles. The van der Waals surface area contributed by atoms with Crippen LogP contribution in [0.1, 0.15) is 18.2 Å². The number of hydrogen-bond donors (Lipinski definition) is 1. The van der Waals surface area contributed by atoms with E-state index < -0.39 is 4.92 Å². The maximum Gasteiger partial charge on any atom is 0.270 e. The average molecular weight is 275 g/mol. The van der Waals surface area contributed by atoms with Crippen molar-refractivity contribution in [2.24, 2.45) is 0 Å². The third kappa shape index (κ3) is 2.68. The number of non-ortho nitro benzene ring substituents is 1. The van der Waals surface area contributed by atoms with Crippen LogP contribution in [0.5, 0.6) is 0 Å². The van der Waals surface area contributed by atoms with Crippen LogP contribution in [0.4, 0.5) is 5.69 Å². The lowest BCUT2D eigenvalue weighted by atomic mass is 10.1. The highest BCUT2D eigenvalue weighted by Crippen LogP contribution is 2.22. The molecule has 1 N–H and O–H groups in total. The van der Waals surface area contributed by atoms with Crippen LogP contribution >= 0.6 is 12.2 Å². The molecule has 0 amide bonds. The van der Waals surface area contributed by atoms with E-state index in [1.165, 1.54) is 12.1 Å². The van der Waals surface area contributed by atoms with Crippen LogP contribution in [0, 0.1) is 21.7 Å². The SMILES string of the molecule is CCc1c(C)[nH]c(-c2cccc([N+](=O)[O-])c2)nc1=S. The molecule has 0 aliphatic heterocycles. The number of aromatic nitrogens is 2. The first-order valence-electron chi connectivity index (χ1n) is 5.87. The summed E-state index contributed by atoms with van der Waals surface area (Å²) in [5.41, 5.74) is 2.65. The Bertz CT molecular complexity index is 695. The fourth-order valence-electron chi connectivity index (χ4n) is 1.93. The van der Waals surface area contributed by atoms with Gasteiger partial charge < -0.3 is 4.98 Å². The van der Waals surface area contributed by atoms with Crippen molar-refractivity contribution in [2.45, 2.75) is 20.3 Å². The number of rotatable bonds is 3. The van der Waals surface area contributed by atoms with Crippen LogP contribution in [0.3, 0.4) is 0 Å². The van der Waals surface area contributed by atoms with E-state index in [2.05, 4.69) is 9.97 Å². The Kier molecular flexibility index (Phi) is 3.71. The maximum atomic E-state index is 10.8. The summed E-state index contributed by atoms with van der Waals surface area (Å²) < 4.78 is 0.542. The molecule has 2 aromatic rings. The van der Waals surface area contributed by atoms with Crippen molar-refractivity contribution < 1.29 is 4.92 Å². The molecule has 98 valence electrons. The summed E-state index contributed by atoms with van der Waals surface area (Å²) in [6.45, 7) is 3.94. The molecular weight excluding hydrogens is 262 g/mol. The molecule has 0 spiro atoms. The van der Waals surface area contributed by atoms with E-state index >= 15 is 0 Å². The minimum atomic E-state index is -0.425. The van der Waals surface area contributed by atoms with Gasteiger partial charge >= 0.3 is 0 Å². The summed E-state index contributed by atoms with van der Waals surface area (Å²) in [7, 11) is 0. The van der Waals surface area contributed by atoms with Crippen LogP contribution in [0.15, 0.2) is 24.3 Å². The van der Waals surface area contributed by atoms with Crippen molar-refractivity contribution >= 4 is 17.9 Å². The lowest BCUT2D eigenvalue weighted by Crippen LogP contribution is -1.99. The van der Waals surface area contributed by atoms with Crippen molar-refractivity contribution in [1.82, 2.24) is 9.97 Å². The second-order valence-corrected chi connectivity index (χ2v) is 4.54. The Hall–Kier alpha value is -2.08. The van der Waals surface area contributed by atoms with Gasteiger partial charge in [0.25, 0.3) is 5.69 Å². The van der Waals surface area contributed by atoms with Gasteiger partial charge in [0.1, 0.15) is 10.5 Å². The van der Waals surface area contributed by atoms with Gasteiger partial charge in [-0.05, 0) is 13.3 Å². The quantitative estimate of drug-likeness (QED) is 0.528. The van der Waals surface area contributed by atoms with Crippen LogP contribution in [0.25, 0.3) is 11.4 Å². The molecule has 0 atom stereocenters. The minimum absolute atomic E-state index is 0.0378. The predicted molar refractivity (Wildman–Crippen MR) is 75.6 cm³/mol. The molecule has 1 heterocycles. The molecular formula is C13H13N3O2S. The number of aromatic amines is 1. The Balaban J connectivity index is 2.57. The summed E-state index contributed by atoms with van der Waals surface area (Å²) >= 11 is 5.25. The normalized spacial score (nSPS) is 10.4. The van der Waals surface area contributed by atoms with E-state index in [9.17, 15) is 10.1 Å². The average Bonchev–Trinajstić information content (AvgIpc) is 2.38. The van der Waals surface area contributed by atoms with Crippen molar-refractivity contribution in [2.75, 3.05) is 0 Å². The van der Waals surface area contributed by atoms with Gasteiger partial charge in [-0.15, -0.1) is 0 Å². The summed E-state index contributed by atoms with van der Waals surface area (Å²) in [4.78, 5) is 17.8. The van der Waals surface area contributed by atoms with E-state index in [1.807, 2.05) is 13.8 Å². The van der Waals surface area contributed by atoms with E-state index in [0.29, 0.717) is 16.0 Å². The van der Waals surface area contributed by atoms with Crippen molar-refractivity contribution in [3.05, 3.63) is 50.3 Å². The number of hydrogen-bond acceptors (Lipinski definition) is 4. The topological polar surface area (TPSA) is 71.8 Å². The number of benzene rings is 1. The first-order chi connectivity index (χ1) is 9.02. The molecule has 0 radical (unpaired) electrons. The van der Waals surface area contributed by atoms with Crippen LogP contribution in [-0.2, 0) is 6.42 Å². The first kappa shape index (κ1) is 13.4. The van der Waals surface area contributed by atoms with Gasteiger partial charge in [0, 0.05) is 29.0 Å². The first-order valence-corrected chi connectivity index (χ1v) is 6.28. The maximum absolute atomic E-state index is 10.8. The number of nitro benzene ring substituents is 1. The lowest BCUT2D eigenvalue weighted by Gasteiger charge is -2.07. The number of aryl methyl sites for hydroxylation is 1. The summed E-state index contributed by atoms with van der Waals surface area (Å²) in [5.74, 6) is 0.559. The molecule has 1 aromatic carbocycles. The smallest absolute Gasteiger partial charge is 0.270 e. The third-order valence-corrected chi connectivity index (χ3v) is 3.25. The zero-order valence-corrected chi connectivity index (χ0v) is 11.5. The van der Waals surface area contributed by atoms with Crippen molar-refractivity contribution in [3.63, 3.8) is 0 Å². The standard InChI is InChI=1S/C13H13N3O2S/c1-3-11-8(2)14-12(15-13(11)19)9-5-4-6-10(7-9)16(17)18/h4-7H,3H2,1-2H3,(H,14,15,19). The zero-order valence-electron chi connectivity index (χ0n) is 10.6. The molecule has 6 heteroatoms. The van der Waals surface area contributed by atoms with E-state index in [4.69, 9.17) is 12.2 Å². The van der Waals surface area contributed by atoms with Gasteiger partial charge in [0.05, 0.1) is 4.92 Å². The van der Waals surface area contributed by atoms with E-state index in [1.54, 1.807) is 12.1 Å².